The van der Waals surface area contributed by atoms with Gasteiger partial charge in [-0.3, -0.25) is 0 Å². The topological polar surface area (TPSA) is 123 Å². The minimum atomic E-state index is -0.525. The number of piperidine rings is 1. The van der Waals surface area contributed by atoms with Crippen molar-refractivity contribution in [1.82, 2.24) is 19.9 Å². The highest BCUT2D eigenvalue weighted by Gasteiger charge is 2.39. The van der Waals surface area contributed by atoms with E-state index in [0.717, 1.165) is 79.6 Å². The average Bonchev–Trinajstić information content (AvgIpc) is 3.20. The predicted molar refractivity (Wildman–Crippen MR) is 123 cm³/mol. The molecule has 1 aliphatic carbocycles. The Balaban J connectivity index is 1.40. The summed E-state index contributed by atoms with van der Waals surface area (Å²) in [4.78, 5) is 21.7. The fourth-order valence-electron chi connectivity index (χ4n) is 4.61. The average molecular weight is 473 g/mol. The van der Waals surface area contributed by atoms with Crippen LogP contribution in [0.4, 0.5) is 11.8 Å². The van der Waals surface area contributed by atoms with Gasteiger partial charge in [-0.15, -0.1) is 4.36 Å². The van der Waals surface area contributed by atoms with Crippen molar-refractivity contribution in [3.05, 3.63) is 28.9 Å². The Labute approximate surface area is 194 Å². The van der Waals surface area contributed by atoms with Crippen LogP contribution in [0.3, 0.4) is 0 Å². The van der Waals surface area contributed by atoms with Crippen molar-refractivity contribution in [2.75, 3.05) is 35.7 Å². The van der Waals surface area contributed by atoms with E-state index in [4.69, 9.17) is 26.8 Å². The number of anilines is 2. The van der Waals surface area contributed by atoms with Crippen molar-refractivity contribution in [2.24, 2.45) is 4.36 Å². The second kappa shape index (κ2) is 8.89. The number of aromatic nitrogens is 4. The van der Waals surface area contributed by atoms with Gasteiger partial charge in [0.05, 0.1) is 27.8 Å². The molecule has 5 rings (SSSR count). The molecule has 0 bridgehead atoms. The number of hydrogen-bond donors (Lipinski definition) is 2. The number of halogens is 1. The summed E-state index contributed by atoms with van der Waals surface area (Å²) in [6.07, 6.45) is 10.8. The summed E-state index contributed by atoms with van der Waals surface area (Å²) in [5.74, 6) is 3.36. The number of aliphatic hydroxyl groups is 1. The van der Waals surface area contributed by atoms with Crippen LogP contribution in [-0.4, -0.2) is 56.0 Å². The molecule has 2 aromatic heterocycles. The van der Waals surface area contributed by atoms with Crippen molar-refractivity contribution >= 4 is 34.1 Å². The maximum absolute atomic E-state index is 9.98. The van der Waals surface area contributed by atoms with Crippen LogP contribution < -0.4 is 10.2 Å². The van der Waals surface area contributed by atoms with Crippen LogP contribution in [0.15, 0.2) is 21.7 Å². The molecule has 11 heteroatoms. The zero-order valence-electron chi connectivity index (χ0n) is 17.7. The van der Waals surface area contributed by atoms with Gasteiger partial charge >= 0.3 is 0 Å². The third-order valence-electron chi connectivity index (χ3n) is 6.62. The summed E-state index contributed by atoms with van der Waals surface area (Å²) in [6, 6.07) is 0. The molecule has 1 atom stereocenters. The molecule has 1 saturated heterocycles. The van der Waals surface area contributed by atoms with E-state index in [-0.39, 0.29) is 12.1 Å². The molecule has 32 heavy (non-hydrogen) atoms. The minimum Gasteiger partial charge on any atom is -0.394 e. The highest BCUT2D eigenvalue weighted by Crippen LogP contribution is 2.39. The lowest BCUT2D eigenvalue weighted by atomic mass is 9.77. The van der Waals surface area contributed by atoms with Crippen LogP contribution >= 0.6 is 11.6 Å². The molecule has 168 valence electrons. The number of rotatable bonds is 5. The van der Waals surface area contributed by atoms with E-state index in [0.29, 0.717) is 16.9 Å². The maximum Gasteiger partial charge on any atom is 0.227 e. The van der Waals surface area contributed by atoms with E-state index in [9.17, 15) is 5.11 Å². The van der Waals surface area contributed by atoms with Gasteiger partial charge in [-0.2, -0.15) is 10.2 Å². The number of fused-ring (bicyclic) bond motifs is 1. The Hall–Kier alpha value is -2.35. The molecule has 2 fully saturated rings. The third kappa shape index (κ3) is 4.05. The van der Waals surface area contributed by atoms with Crippen LogP contribution in [0.2, 0.25) is 5.02 Å². The molecule has 3 aliphatic rings. The Morgan fingerprint density at radius 3 is 2.66 bits per heavy atom. The van der Waals surface area contributed by atoms with Gasteiger partial charge in [-0.05, 0) is 42.8 Å². The zero-order valence-corrected chi connectivity index (χ0v) is 19.2. The SMILES string of the molecule is N#CN=S1CCc2nc(N3CCC(c4ncc(Cl)cn4)CC3)nc(NC3(CO)CCC3)c21. The molecular weight excluding hydrogens is 448 g/mol. The number of aliphatic hydroxyl groups excluding tert-OH is 1. The highest BCUT2D eigenvalue weighted by molar-refractivity contribution is 7.87. The number of nitrogens with zero attached hydrogens (tertiary/aromatic N) is 7. The van der Waals surface area contributed by atoms with E-state index in [1.807, 2.05) is 6.19 Å². The van der Waals surface area contributed by atoms with Gasteiger partial charge < -0.3 is 15.3 Å². The zero-order chi connectivity index (χ0) is 22.1. The van der Waals surface area contributed by atoms with Gasteiger partial charge in [0.25, 0.3) is 0 Å². The second-order valence-corrected chi connectivity index (χ2v) is 10.8. The first-order valence-corrected chi connectivity index (χ1v) is 12.7. The van der Waals surface area contributed by atoms with Crippen molar-refractivity contribution in [3.8, 4) is 6.19 Å². The predicted octanol–water partition coefficient (Wildman–Crippen LogP) is 2.83. The molecule has 4 heterocycles. The van der Waals surface area contributed by atoms with Crippen LogP contribution in [0, 0.1) is 11.5 Å². The number of aryl methyl sites for hydroxylation is 1. The minimum absolute atomic E-state index is 0.0662. The van der Waals surface area contributed by atoms with Gasteiger partial charge in [-0.1, -0.05) is 11.6 Å². The summed E-state index contributed by atoms with van der Waals surface area (Å²) in [6.45, 7) is 1.69. The molecule has 0 amide bonds. The maximum atomic E-state index is 9.98. The Morgan fingerprint density at radius 1 is 1.28 bits per heavy atom. The van der Waals surface area contributed by atoms with Gasteiger partial charge in [0.1, 0.15) is 11.6 Å². The van der Waals surface area contributed by atoms with E-state index in [1.165, 1.54) is 0 Å². The Kier molecular flexibility index (Phi) is 5.97. The Bertz CT molecular complexity index is 1070. The van der Waals surface area contributed by atoms with Crippen LogP contribution in [0.25, 0.3) is 0 Å². The van der Waals surface area contributed by atoms with E-state index in [2.05, 4.69) is 24.5 Å². The van der Waals surface area contributed by atoms with Gasteiger partial charge in [0.2, 0.25) is 12.1 Å². The standard InChI is InChI=1S/C21H25ClN8OS/c22-15-10-24-18(25-11-15)14-2-7-30(8-3-14)20-27-16-4-9-32(26-13-23)17(16)19(28-20)29-21(12-31)5-1-6-21/h10-11,14,31H,1-9,12H2,(H,27,28,29). The van der Waals surface area contributed by atoms with Crippen molar-refractivity contribution in [3.63, 3.8) is 0 Å². The molecule has 2 N–H and O–H groups in total. The molecule has 1 saturated carbocycles. The van der Waals surface area contributed by atoms with Crippen LogP contribution in [0.5, 0.6) is 0 Å². The van der Waals surface area contributed by atoms with E-state index in [1.54, 1.807) is 12.4 Å². The highest BCUT2D eigenvalue weighted by atomic mass is 35.5. The summed E-state index contributed by atoms with van der Waals surface area (Å²) in [5.41, 5.74) is 0.637. The van der Waals surface area contributed by atoms with Crippen molar-refractivity contribution < 1.29 is 5.11 Å². The van der Waals surface area contributed by atoms with Gasteiger partial charge in [-0.25, -0.2) is 15.0 Å². The lowest BCUT2D eigenvalue weighted by Gasteiger charge is -2.42. The number of nitrogens with one attached hydrogen (secondary N) is 1. The first-order valence-electron chi connectivity index (χ1n) is 10.9. The lowest BCUT2D eigenvalue weighted by Crippen LogP contribution is -2.48. The fraction of sp³-hybridized carbons (Fsp3) is 0.571. The summed E-state index contributed by atoms with van der Waals surface area (Å²) >= 11 is 5.92. The van der Waals surface area contributed by atoms with Crippen molar-refractivity contribution in [1.29, 1.82) is 5.26 Å². The summed E-state index contributed by atoms with van der Waals surface area (Å²) in [5, 5.41) is 23.2. The van der Waals surface area contributed by atoms with Gasteiger partial charge in [0, 0.05) is 43.6 Å². The summed E-state index contributed by atoms with van der Waals surface area (Å²) in [7, 11) is -0.525. The molecule has 0 aromatic carbocycles. The quantitative estimate of drug-likeness (QED) is 0.636. The molecule has 0 radical (unpaired) electrons. The Morgan fingerprint density at radius 2 is 2.03 bits per heavy atom. The molecule has 2 aliphatic heterocycles. The molecular formula is C21H25ClN8OS. The molecule has 9 nitrogen and oxygen atoms in total. The number of hydrogen-bond acceptors (Lipinski definition) is 9. The van der Waals surface area contributed by atoms with Crippen LogP contribution in [0.1, 0.15) is 49.5 Å². The first-order chi connectivity index (χ1) is 15.6. The smallest absolute Gasteiger partial charge is 0.227 e. The molecule has 1 unspecified atom stereocenters. The largest absolute Gasteiger partial charge is 0.394 e. The molecule has 0 spiro atoms. The van der Waals surface area contributed by atoms with Gasteiger partial charge in [0.15, 0.2) is 0 Å². The van der Waals surface area contributed by atoms with Crippen molar-refractivity contribution in [2.45, 2.75) is 54.9 Å². The fourth-order valence-corrected chi connectivity index (χ4v) is 6.32. The van der Waals surface area contributed by atoms with E-state index >= 15 is 0 Å². The normalized spacial score (nSPS) is 22.3. The van der Waals surface area contributed by atoms with Crippen LogP contribution in [-0.2, 0) is 17.1 Å². The summed E-state index contributed by atoms with van der Waals surface area (Å²) < 4.78 is 4.13. The first kappa shape index (κ1) is 21.5. The third-order valence-corrected chi connectivity index (χ3v) is 8.61. The molecule has 2 aromatic rings. The number of nitriles is 1. The monoisotopic (exact) mass is 472 g/mol. The van der Waals surface area contributed by atoms with E-state index < -0.39 is 10.7 Å². The second-order valence-electron chi connectivity index (χ2n) is 8.60. The lowest BCUT2D eigenvalue weighted by molar-refractivity contribution is 0.143.